The predicted molar refractivity (Wildman–Crippen MR) is 92.0 cm³/mol. The first kappa shape index (κ1) is 17.6. The van der Waals surface area contributed by atoms with E-state index in [4.69, 9.17) is 9.84 Å². The Morgan fingerprint density at radius 3 is 2.81 bits per heavy atom. The van der Waals surface area contributed by atoms with Crippen LogP contribution in [0.15, 0.2) is 24.3 Å². The zero-order chi connectivity index (χ0) is 18.7. The number of aromatic nitrogens is 4. The van der Waals surface area contributed by atoms with Gasteiger partial charge in [0.1, 0.15) is 11.4 Å². The van der Waals surface area contributed by atoms with Crippen molar-refractivity contribution in [1.82, 2.24) is 25.1 Å². The number of tetrazole rings is 1. The van der Waals surface area contributed by atoms with Crippen LogP contribution in [-0.4, -0.2) is 62.3 Å². The van der Waals surface area contributed by atoms with Gasteiger partial charge in [-0.25, -0.2) is 0 Å². The summed E-state index contributed by atoms with van der Waals surface area (Å²) in [6.07, 6.45) is 2.10. The van der Waals surface area contributed by atoms with E-state index in [2.05, 4.69) is 15.5 Å². The number of carboxylic acid groups (broad SMARTS) is 1. The standard InChI is InChI=1S/C17H19N5O4/c1-11-18-19-20-22(11)15(9-12-4-3-5-14(8-12)26-2)16(23)21-7-6-13(10-21)17(24)25/h3-5,8-9,13H,6-7,10H2,1-2H3,(H,24,25). The summed E-state index contributed by atoms with van der Waals surface area (Å²) in [5, 5.41) is 20.5. The van der Waals surface area contributed by atoms with Crippen LogP contribution in [0.25, 0.3) is 11.8 Å². The highest BCUT2D eigenvalue weighted by molar-refractivity contribution is 6.18. The number of carbonyl (C=O) groups is 2. The summed E-state index contributed by atoms with van der Waals surface area (Å²) in [6, 6.07) is 7.24. The first-order valence-electron chi connectivity index (χ1n) is 8.12. The second-order valence-electron chi connectivity index (χ2n) is 6.02. The maximum atomic E-state index is 13.0. The van der Waals surface area contributed by atoms with Gasteiger partial charge >= 0.3 is 5.97 Å². The van der Waals surface area contributed by atoms with Crippen molar-refractivity contribution >= 4 is 23.6 Å². The van der Waals surface area contributed by atoms with Crippen molar-refractivity contribution in [2.45, 2.75) is 13.3 Å². The van der Waals surface area contributed by atoms with Gasteiger partial charge in [0.05, 0.1) is 13.0 Å². The summed E-state index contributed by atoms with van der Waals surface area (Å²) in [5.41, 5.74) is 1.00. The number of carbonyl (C=O) groups excluding carboxylic acids is 1. The van der Waals surface area contributed by atoms with Gasteiger partial charge in [-0.1, -0.05) is 12.1 Å². The van der Waals surface area contributed by atoms with Crippen molar-refractivity contribution in [2.24, 2.45) is 5.92 Å². The van der Waals surface area contributed by atoms with Gasteiger partial charge in [0.2, 0.25) is 0 Å². The molecular formula is C17H19N5O4. The summed E-state index contributed by atoms with van der Waals surface area (Å²) in [4.78, 5) is 25.7. The molecular weight excluding hydrogens is 338 g/mol. The van der Waals surface area contributed by atoms with Crippen molar-refractivity contribution in [3.63, 3.8) is 0 Å². The quantitative estimate of drug-likeness (QED) is 0.792. The highest BCUT2D eigenvalue weighted by Gasteiger charge is 2.33. The zero-order valence-electron chi connectivity index (χ0n) is 14.5. The molecule has 1 aliphatic heterocycles. The van der Waals surface area contributed by atoms with Gasteiger partial charge in [0, 0.05) is 13.1 Å². The van der Waals surface area contributed by atoms with Crippen LogP contribution in [0.5, 0.6) is 5.75 Å². The lowest BCUT2D eigenvalue weighted by atomic mass is 10.1. The SMILES string of the molecule is COc1cccc(C=C(C(=O)N2CCC(C(=O)O)C2)n2nnnc2C)c1. The third-order valence-electron chi connectivity index (χ3n) is 4.29. The van der Waals surface area contributed by atoms with Gasteiger partial charge in [-0.3, -0.25) is 9.59 Å². The van der Waals surface area contributed by atoms with E-state index in [1.54, 1.807) is 32.2 Å². The Kier molecular flexibility index (Phi) is 4.97. The van der Waals surface area contributed by atoms with E-state index in [1.807, 2.05) is 12.1 Å². The number of nitrogens with zero attached hydrogens (tertiary/aromatic N) is 5. The molecule has 26 heavy (non-hydrogen) atoms. The van der Waals surface area contributed by atoms with E-state index in [-0.39, 0.29) is 18.1 Å². The molecule has 1 N–H and O–H groups in total. The molecule has 0 bridgehead atoms. The molecule has 2 aromatic rings. The topological polar surface area (TPSA) is 110 Å². The second kappa shape index (κ2) is 7.34. The summed E-state index contributed by atoms with van der Waals surface area (Å²) < 4.78 is 6.57. The van der Waals surface area contributed by atoms with Crippen LogP contribution in [-0.2, 0) is 9.59 Å². The fourth-order valence-corrected chi connectivity index (χ4v) is 2.87. The monoisotopic (exact) mass is 357 g/mol. The Bertz CT molecular complexity index is 860. The molecule has 0 aliphatic carbocycles. The molecule has 136 valence electrons. The normalized spacial score (nSPS) is 17.4. The minimum atomic E-state index is -0.891. The van der Waals surface area contributed by atoms with E-state index in [9.17, 15) is 9.59 Å². The Morgan fingerprint density at radius 2 is 2.19 bits per heavy atom. The van der Waals surface area contributed by atoms with Crippen LogP contribution >= 0.6 is 0 Å². The molecule has 3 rings (SSSR count). The molecule has 0 spiro atoms. The number of aryl methyl sites for hydroxylation is 1. The van der Waals surface area contributed by atoms with Crippen LogP contribution in [0.1, 0.15) is 17.8 Å². The van der Waals surface area contributed by atoms with Crippen molar-refractivity contribution in [3.05, 3.63) is 35.7 Å². The van der Waals surface area contributed by atoms with Gasteiger partial charge < -0.3 is 14.7 Å². The molecule has 1 unspecified atom stereocenters. The van der Waals surface area contributed by atoms with E-state index in [0.29, 0.717) is 24.5 Å². The first-order valence-corrected chi connectivity index (χ1v) is 8.12. The Hall–Kier alpha value is -3.23. The summed E-state index contributed by atoms with van der Waals surface area (Å²) >= 11 is 0. The molecule has 9 heteroatoms. The van der Waals surface area contributed by atoms with Crippen molar-refractivity contribution in [2.75, 3.05) is 20.2 Å². The summed E-state index contributed by atoms with van der Waals surface area (Å²) in [6.45, 7) is 2.24. The number of methoxy groups -OCH3 is 1. The van der Waals surface area contributed by atoms with Crippen molar-refractivity contribution in [1.29, 1.82) is 0 Å². The number of aliphatic carboxylic acids is 1. The van der Waals surface area contributed by atoms with Crippen LogP contribution in [0.2, 0.25) is 0 Å². The molecule has 1 amide bonds. The number of rotatable bonds is 5. The van der Waals surface area contributed by atoms with E-state index in [0.717, 1.165) is 5.56 Å². The van der Waals surface area contributed by atoms with Gasteiger partial charge in [0.15, 0.2) is 5.82 Å². The molecule has 1 fully saturated rings. The van der Waals surface area contributed by atoms with Crippen LogP contribution < -0.4 is 4.74 Å². The molecule has 0 saturated carbocycles. The lowest BCUT2D eigenvalue weighted by Crippen LogP contribution is -2.32. The number of benzene rings is 1. The molecule has 1 aliphatic rings. The average Bonchev–Trinajstić information content (AvgIpc) is 3.28. The average molecular weight is 357 g/mol. The molecule has 9 nitrogen and oxygen atoms in total. The number of amides is 1. The third-order valence-corrected chi connectivity index (χ3v) is 4.29. The van der Waals surface area contributed by atoms with E-state index < -0.39 is 11.9 Å². The van der Waals surface area contributed by atoms with E-state index >= 15 is 0 Å². The van der Waals surface area contributed by atoms with Gasteiger partial charge in [-0.05, 0) is 47.5 Å². The second-order valence-corrected chi connectivity index (χ2v) is 6.02. The maximum absolute atomic E-state index is 13.0. The fourth-order valence-electron chi connectivity index (χ4n) is 2.87. The van der Waals surface area contributed by atoms with Crippen LogP contribution in [0, 0.1) is 12.8 Å². The van der Waals surface area contributed by atoms with Crippen molar-refractivity contribution in [3.8, 4) is 5.75 Å². The first-order chi connectivity index (χ1) is 12.5. The summed E-state index contributed by atoms with van der Waals surface area (Å²) in [5.74, 6) is -0.635. The van der Waals surface area contributed by atoms with Crippen molar-refractivity contribution < 1.29 is 19.4 Å². The number of hydrogen-bond acceptors (Lipinski definition) is 6. The van der Waals surface area contributed by atoms with Gasteiger partial charge in [-0.2, -0.15) is 4.68 Å². The van der Waals surface area contributed by atoms with Crippen LogP contribution in [0.3, 0.4) is 0 Å². The third kappa shape index (κ3) is 3.56. The van der Waals surface area contributed by atoms with Crippen LogP contribution in [0.4, 0.5) is 0 Å². The number of likely N-dealkylation sites (tertiary alicyclic amines) is 1. The molecule has 1 aromatic heterocycles. The smallest absolute Gasteiger partial charge is 0.308 e. The minimum absolute atomic E-state index is 0.171. The lowest BCUT2D eigenvalue weighted by molar-refractivity contribution is -0.141. The largest absolute Gasteiger partial charge is 0.497 e. The Labute approximate surface area is 149 Å². The Balaban J connectivity index is 1.96. The minimum Gasteiger partial charge on any atom is -0.497 e. The molecule has 0 radical (unpaired) electrons. The van der Waals surface area contributed by atoms with Gasteiger partial charge in [0.25, 0.3) is 5.91 Å². The molecule has 1 saturated heterocycles. The highest BCUT2D eigenvalue weighted by atomic mass is 16.5. The highest BCUT2D eigenvalue weighted by Crippen LogP contribution is 2.23. The summed E-state index contributed by atoms with van der Waals surface area (Å²) in [7, 11) is 1.57. The fraction of sp³-hybridized carbons (Fsp3) is 0.353. The number of hydrogen-bond donors (Lipinski definition) is 1. The lowest BCUT2D eigenvalue weighted by Gasteiger charge is -2.18. The van der Waals surface area contributed by atoms with E-state index in [1.165, 1.54) is 9.58 Å². The molecule has 1 aromatic carbocycles. The predicted octanol–water partition coefficient (Wildman–Crippen LogP) is 0.921. The van der Waals surface area contributed by atoms with Gasteiger partial charge in [-0.15, -0.1) is 5.10 Å². The molecule has 1 atom stereocenters. The zero-order valence-corrected chi connectivity index (χ0v) is 14.5. The Morgan fingerprint density at radius 1 is 1.38 bits per heavy atom. The molecule has 2 heterocycles. The number of ether oxygens (including phenoxy) is 1. The number of carboxylic acids is 1. The maximum Gasteiger partial charge on any atom is 0.308 e.